The third kappa shape index (κ3) is 6.69. The van der Waals surface area contributed by atoms with Crippen LogP contribution in [-0.2, 0) is 22.4 Å². The van der Waals surface area contributed by atoms with E-state index in [1.54, 1.807) is 36.3 Å². The van der Waals surface area contributed by atoms with Crippen molar-refractivity contribution in [3.8, 4) is 17.2 Å². The van der Waals surface area contributed by atoms with Gasteiger partial charge in [-0.3, -0.25) is 9.59 Å². The van der Waals surface area contributed by atoms with E-state index in [1.807, 2.05) is 20.8 Å². The van der Waals surface area contributed by atoms with Crippen molar-refractivity contribution in [1.82, 2.24) is 4.90 Å². The van der Waals surface area contributed by atoms with Crippen molar-refractivity contribution >= 4 is 11.7 Å². The van der Waals surface area contributed by atoms with Crippen molar-refractivity contribution in [3.63, 3.8) is 0 Å². The Morgan fingerprint density at radius 3 is 2.21 bits per heavy atom. The molecular formula is C25H34N2O6. The normalized spacial score (nSPS) is 11.3. The number of ketones is 1. The van der Waals surface area contributed by atoms with Crippen molar-refractivity contribution in [2.45, 2.75) is 39.2 Å². The van der Waals surface area contributed by atoms with Crippen LogP contribution in [0.5, 0.6) is 17.2 Å². The number of hydrogen-bond donors (Lipinski definition) is 3. The molecule has 0 saturated carbocycles. The fraction of sp³-hybridized carbons (Fsp3) is 0.440. The highest BCUT2D eigenvalue weighted by Gasteiger charge is 2.28. The zero-order valence-corrected chi connectivity index (χ0v) is 20.0. The third-order valence-electron chi connectivity index (χ3n) is 5.28. The first-order valence-electron chi connectivity index (χ1n) is 10.8. The quantitative estimate of drug-likeness (QED) is 0.443. The predicted molar refractivity (Wildman–Crippen MR) is 126 cm³/mol. The van der Waals surface area contributed by atoms with E-state index < -0.39 is 11.3 Å². The minimum atomic E-state index is -0.639. The molecule has 180 valence electrons. The molecule has 0 aliphatic heterocycles. The van der Waals surface area contributed by atoms with Gasteiger partial charge in [-0.2, -0.15) is 0 Å². The van der Waals surface area contributed by atoms with E-state index >= 15 is 0 Å². The summed E-state index contributed by atoms with van der Waals surface area (Å²) in [4.78, 5) is 28.3. The number of carbonyl (C=O) groups excluding carboxylic acids is 2. The summed E-state index contributed by atoms with van der Waals surface area (Å²) in [5.74, 6) is -0.684. The lowest BCUT2D eigenvalue weighted by Crippen LogP contribution is -2.49. The molecule has 0 radical (unpaired) electrons. The molecule has 0 aliphatic carbocycles. The Labute approximate surface area is 194 Å². The zero-order valence-electron chi connectivity index (χ0n) is 20.0. The lowest BCUT2D eigenvalue weighted by molar-refractivity contribution is -0.131. The number of benzene rings is 2. The van der Waals surface area contributed by atoms with Crippen LogP contribution in [0.2, 0.25) is 0 Å². The molecule has 0 spiro atoms. The number of nitrogens with zero attached hydrogens (tertiary/aromatic N) is 1. The second-order valence-electron chi connectivity index (χ2n) is 8.63. The summed E-state index contributed by atoms with van der Waals surface area (Å²) in [5, 5.41) is 21.1. The van der Waals surface area contributed by atoms with Crippen LogP contribution in [0.25, 0.3) is 0 Å². The van der Waals surface area contributed by atoms with Crippen molar-refractivity contribution in [2.75, 3.05) is 33.9 Å². The van der Waals surface area contributed by atoms with Crippen LogP contribution in [0.3, 0.4) is 0 Å². The second kappa shape index (κ2) is 11.2. The van der Waals surface area contributed by atoms with Crippen molar-refractivity contribution in [2.24, 2.45) is 5.73 Å². The first-order chi connectivity index (χ1) is 15.5. The smallest absolute Gasteiger partial charge is 0.227 e. The van der Waals surface area contributed by atoms with E-state index in [2.05, 4.69) is 0 Å². The number of phenols is 2. The first kappa shape index (κ1) is 26.2. The lowest BCUT2D eigenvalue weighted by Gasteiger charge is -2.30. The van der Waals surface area contributed by atoms with Crippen molar-refractivity contribution < 1.29 is 29.3 Å². The van der Waals surface area contributed by atoms with Gasteiger partial charge in [0, 0.05) is 37.4 Å². The number of rotatable bonds is 11. The molecule has 1 amide bonds. The van der Waals surface area contributed by atoms with Gasteiger partial charge in [0.25, 0.3) is 0 Å². The summed E-state index contributed by atoms with van der Waals surface area (Å²) >= 11 is 0. The van der Waals surface area contributed by atoms with E-state index in [0.29, 0.717) is 42.0 Å². The van der Waals surface area contributed by atoms with Gasteiger partial charge in [-0.1, -0.05) is 6.92 Å². The molecule has 0 heterocycles. The van der Waals surface area contributed by atoms with Gasteiger partial charge in [-0.05, 0) is 55.7 Å². The van der Waals surface area contributed by atoms with E-state index in [4.69, 9.17) is 15.2 Å². The van der Waals surface area contributed by atoms with Crippen LogP contribution in [0.15, 0.2) is 30.3 Å². The number of amides is 1. The Kier molecular flexibility index (Phi) is 8.84. The van der Waals surface area contributed by atoms with Crippen molar-refractivity contribution in [1.29, 1.82) is 0 Å². The van der Waals surface area contributed by atoms with Crippen LogP contribution < -0.4 is 10.5 Å². The van der Waals surface area contributed by atoms with E-state index in [-0.39, 0.29) is 35.9 Å². The summed E-state index contributed by atoms with van der Waals surface area (Å²) in [6.07, 6.45) is 0.195. The molecule has 0 bridgehead atoms. The third-order valence-corrected chi connectivity index (χ3v) is 5.28. The van der Waals surface area contributed by atoms with Crippen LogP contribution >= 0.6 is 0 Å². The van der Waals surface area contributed by atoms with Crippen LogP contribution in [0.1, 0.15) is 47.8 Å². The number of hydrogen-bond acceptors (Lipinski definition) is 7. The summed E-state index contributed by atoms with van der Waals surface area (Å²) < 4.78 is 10.3. The Morgan fingerprint density at radius 2 is 1.70 bits per heavy atom. The molecule has 0 aliphatic rings. The van der Waals surface area contributed by atoms with Gasteiger partial charge in [0.15, 0.2) is 5.78 Å². The molecule has 0 atom stereocenters. The number of nitrogens with two attached hydrogens (primary N) is 1. The molecule has 0 fully saturated rings. The minimum absolute atomic E-state index is 0.00173. The predicted octanol–water partition coefficient (Wildman–Crippen LogP) is 2.65. The van der Waals surface area contributed by atoms with Gasteiger partial charge in [-0.15, -0.1) is 0 Å². The van der Waals surface area contributed by atoms with Gasteiger partial charge < -0.3 is 30.3 Å². The van der Waals surface area contributed by atoms with Gasteiger partial charge in [-0.25, -0.2) is 0 Å². The molecule has 2 aromatic carbocycles. The average molecular weight is 459 g/mol. The molecule has 2 aromatic rings. The highest BCUT2D eigenvalue weighted by atomic mass is 16.5. The maximum Gasteiger partial charge on any atom is 0.227 e. The SMILES string of the molecule is CCc1c(O)cc(O)c(C(=O)c2ccc(OC)cc2)c1CC(=O)N(CCOC)CC(C)(C)N. The van der Waals surface area contributed by atoms with E-state index in [0.717, 1.165) is 6.07 Å². The molecule has 0 saturated heterocycles. The maximum atomic E-state index is 13.4. The van der Waals surface area contributed by atoms with E-state index in [1.165, 1.54) is 7.11 Å². The van der Waals surface area contributed by atoms with Crippen LogP contribution in [-0.4, -0.2) is 66.3 Å². The van der Waals surface area contributed by atoms with Gasteiger partial charge in [0.1, 0.15) is 17.2 Å². The molecule has 8 nitrogen and oxygen atoms in total. The monoisotopic (exact) mass is 458 g/mol. The molecule has 0 aromatic heterocycles. The summed E-state index contributed by atoms with van der Waals surface area (Å²) in [6.45, 7) is 6.37. The number of ether oxygens (including phenoxy) is 2. The fourth-order valence-electron chi connectivity index (χ4n) is 3.73. The average Bonchev–Trinajstić information content (AvgIpc) is 2.75. The van der Waals surface area contributed by atoms with Crippen LogP contribution in [0.4, 0.5) is 0 Å². The Bertz CT molecular complexity index is 980. The molecule has 2 rings (SSSR count). The largest absolute Gasteiger partial charge is 0.508 e. The van der Waals surface area contributed by atoms with Crippen LogP contribution in [0, 0.1) is 0 Å². The van der Waals surface area contributed by atoms with E-state index in [9.17, 15) is 19.8 Å². The highest BCUT2D eigenvalue weighted by Crippen LogP contribution is 2.35. The number of carbonyl (C=O) groups is 2. The fourth-order valence-corrected chi connectivity index (χ4v) is 3.73. The summed E-state index contributed by atoms with van der Waals surface area (Å²) in [5.41, 5.74) is 6.58. The number of methoxy groups -OCH3 is 2. The van der Waals surface area contributed by atoms with Crippen molar-refractivity contribution in [3.05, 3.63) is 52.6 Å². The molecule has 8 heteroatoms. The van der Waals surface area contributed by atoms with Gasteiger partial charge in [0.05, 0.1) is 25.7 Å². The molecule has 0 unspecified atom stereocenters. The first-order valence-corrected chi connectivity index (χ1v) is 10.8. The number of aromatic hydroxyl groups is 2. The topological polar surface area (TPSA) is 122 Å². The number of phenolic OH excluding ortho intramolecular Hbond substituents is 2. The molecule has 4 N–H and O–H groups in total. The Hall–Kier alpha value is -3.10. The molecular weight excluding hydrogens is 424 g/mol. The van der Waals surface area contributed by atoms with Gasteiger partial charge >= 0.3 is 0 Å². The second-order valence-corrected chi connectivity index (χ2v) is 8.63. The van der Waals surface area contributed by atoms with Gasteiger partial charge in [0.2, 0.25) is 5.91 Å². The maximum absolute atomic E-state index is 13.4. The Morgan fingerprint density at radius 1 is 1.06 bits per heavy atom. The standard InChI is InChI=1S/C25H34N2O6/c1-6-18-19(13-22(30)27(11-12-32-4)15-25(2,3)26)23(21(29)14-20(18)28)24(31)16-7-9-17(33-5)10-8-16/h7-10,14,28-29H,6,11-13,15,26H2,1-5H3. The molecule has 33 heavy (non-hydrogen) atoms. The summed E-state index contributed by atoms with van der Waals surface area (Å²) in [7, 11) is 3.07. The summed E-state index contributed by atoms with van der Waals surface area (Å²) in [6, 6.07) is 7.62. The highest BCUT2D eigenvalue weighted by molar-refractivity contribution is 6.12. The Balaban J connectivity index is 2.53. The lowest BCUT2D eigenvalue weighted by atomic mass is 9.89. The minimum Gasteiger partial charge on any atom is -0.508 e. The zero-order chi connectivity index (χ0) is 24.8.